The zero-order valence-corrected chi connectivity index (χ0v) is 25.5. The van der Waals surface area contributed by atoms with Crippen molar-refractivity contribution in [2.45, 2.75) is 19.3 Å². The number of fused-ring (bicyclic) bond motifs is 11. The van der Waals surface area contributed by atoms with Crippen LogP contribution in [0.3, 0.4) is 0 Å². The highest BCUT2D eigenvalue weighted by atomic mass is 16.3. The van der Waals surface area contributed by atoms with E-state index in [2.05, 4.69) is 140 Å². The fraction of sp³-hybridized carbons (Fsp3) is 0.0698. The van der Waals surface area contributed by atoms with Gasteiger partial charge in [-0.3, -0.25) is 0 Å². The van der Waals surface area contributed by atoms with Crippen LogP contribution >= 0.6 is 0 Å². The van der Waals surface area contributed by atoms with Crippen molar-refractivity contribution in [1.29, 1.82) is 0 Å². The minimum atomic E-state index is -0.129. The summed E-state index contributed by atoms with van der Waals surface area (Å²) in [6, 6.07) is 49.8. The first-order valence-electron chi connectivity index (χ1n) is 15.9. The zero-order chi connectivity index (χ0) is 30.6. The van der Waals surface area contributed by atoms with Gasteiger partial charge in [0.2, 0.25) is 0 Å². The molecule has 0 fully saturated rings. The summed E-state index contributed by atoms with van der Waals surface area (Å²) < 4.78 is 13.0. The van der Waals surface area contributed by atoms with E-state index >= 15 is 0 Å². The Kier molecular flexibility index (Phi) is 5.06. The minimum Gasteiger partial charge on any atom is -0.456 e. The average Bonchev–Trinajstić information content (AvgIpc) is 3.74. The van der Waals surface area contributed by atoms with Gasteiger partial charge in [0.1, 0.15) is 16.7 Å². The second-order valence-corrected chi connectivity index (χ2v) is 12.9. The monoisotopic (exact) mass is 591 g/mol. The fourth-order valence-electron chi connectivity index (χ4n) is 7.83. The van der Waals surface area contributed by atoms with Gasteiger partial charge in [0, 0.05) is 38.3 Å². The van der Waals surface area contributed by atoms with E-state index in [1.54, 1.807) is 0 Å². The maximum atomic E-state index is 6.78. The third-order valence-electron chi connectivity index (χ3n) is 10.0. The Balaban J connectivity index is 1.30. The smallest absolute Gasteiger partial charge is 0.160 e. The van der Waals surface area contributed by atoms with E-state index in [4.69, 9.17) is 8.83 Å². The molecule has 2 aromatic heterocycles. The maximum Gasteiger partial charge on any atom is 0.160 e. The summed E-state index contributed by atoms with van der Waals surface area (Å²) in [7, 11) is 0. The van der Waals surface area contributed by atoms with Crippen LogP contribution in [0.5, 0.6) is 0 Å². The van der Waals surface area contributed by atoms with Crippen LogP contribution in [0.1, 0.15) is 25.0 Å². The Bertz CT molecular complexity index is 2690. The lowest BCUT2D eigenvalue weighted by molar-refractivity contribution is 0.660. The molecule has 0 unspecified atom stereocenters. The molecule has 7 aromatic carbocycles. The third kappa shape index (κ3) is 3.43. The van der Waals surface area contributed by atoms with E-state index in [-0.39, 0.29) is 5.41 Å². The van der Waals surface area contributed by atoms with Crippen molar-refractivity contribution in [3.05, 3.63) is 151 Å². The van der Waals surface area contributed by atoms with E-state index in [0.717, 1.165) is 60.9 Å². The Morgan fingerprint density at radius 1 is 0.478 bits per heavy atom. The summed E-state index contributed by atoms with van der Waals surface area (Å²) in [6.07, 6.45) is 0. The molecule has 0 atom stereocenters. The molecule has 0 saturated carbocycles. The standard InChI is InChI=1S/C43H29NO2/c1-43(2)35-16-8-5-13-30(35)31-21-19-28(25-36(31)43)44(27-20-22-40-34(24-27)32-14-6-9-17-38(32)45-40)37-23-26-11-3-4-12-29(26)41-33-15-7-10-18-39(33)46-42(37)41/h3-25H,1-2H3. The van der Waals surface area contributed by atoms with E-state index in [1.807, 2.05) is 18.2 Å². The normalized spacial score (nSPS) is 13.6. The van der Waals surface area contributed by atoms with Gasteiger partial charge < -0.3 is 13.7 Å². The summed E-state index contributed by atoms with van der Waals surface area (Å²) in [6.45, 7) is 4.67. The van der Waals surface area contributed by atoms with Gasteiger partial charge in [-0.05, 0) is 81.6 Å². The molecule has 0 aliphatic heterocycles. The summed E-state index contributed by atoms with van der Waals surface area (Å²) >= 11 is 0. The number of hydrogen-bond donors (Lipinski definition) is 0. The molecule has 2 heterocycles. The summed E-state index contributed by atoms with van der Waals surface area (Å²) in [5, 5.41) is 6.82. The molecule has 0 amide bonds. The molecule has 46 heavy (non-hydrogen) atoms. The van der Waals surface area contributed by atoms with E-state index < -0.39 is 0 Å². The van der Waals surface area contributed by atoms with Crippen molar-refractivity contribution in [1.82, 2.24) is 0 Å². The SMILES string of the molecule is CC1(C)c2ccccc2-c2ccc(N(c3ccc4oc5ccccc5c4c3)c3cc4ccccc4c4c3oc3ccccc34)cc21. The van der Waals surface area contributed by atoms with E-state index in [9.17, 15) is 0 Å². The predicted molar refractivity (Wildman–Crippen MR) is 191 cm³/mol. The first kappa shape index (κ1) is 25.5. The molecule has 1 aliphatic rings. The molecular formula is C43H29NO2. The van der Waals surface area contributed by atoms with Crippen molar-refractivity contribution in [3.8, 4) is 11.1 Å². The molecule has 0 N–H and O–H groups in total. The minimum absolute atomic E-state index is 0.129. The lowest BCUT2D eigenvalue weighted by atomic mass is 9.82. The van der Waals surface area contributed by atoms with E-state index in [0.29, 0.717) is 0 Å². The van der Waals surface area contributed by atoms with Gasteiger partial charge in [-0.2, -0.15) is 0 Å². The Morgan fingerprint density at radius 3 is 1.98 bits per heavy atom. The number of hydrogen-bond acceptors (Lipinski definition) is 3. The second kappa shape index (κ2) is 9.12. The van der Waals surface area contributed by atoms with Gasteiger partial charge in [-0.1, -0.05) is 105 Å². The quantitative estimate of drug-likeness (QED) is 0.205. The molecule has 0 saturated heterocycles. The van der Waals surface area contributed by atoms with Gasteiger partial charge in [-0.15, -0.1) is 0 Å². The molecule has 3 heteroatoms. The summed E-state index contributed by atoms with van der Waals surface area (Å²) in [4.78, 5) is 2.37. The van der Waals surface area contributed by atoms with Crippen LogP contribution in [0.15, 0.2) is 148 Å². The zero-order valence-electron chi connectivity index (χ0n) is 25.5. The van der Waals surface area contributed by atoms with Crippen LogP contribution in [0.25, 0.3) is 65.8 Å². The number of furan rings is 2. The summed E-state index contributed by atoms with van der Waals surface area (Å²) in [5.74, 6) is 0. The highest BCUT2D eigenvalue weighted by molar-refractivity contribution is 6.23. The Labute approximate surface area is 265 Å². The molecule has 1 aliphatic carbocycles. The van der Waals surface area contributed by atoms with Crippen LogP contribution in [0.4, 0.5) is 17.1 Å². The first-order chi connectivity index (χ1) is 22.6. The van der Waals surface area contributed by atoms with Crippen molar-refractivity contribution < 1.29 is 8.83 Å². The van der Waals surface area contributed by atoms with Crippen LogP contribution < -0.4 is 4.90 Å². The Morgan fingerprint density at radius 2 is 1.11 bits per heavy atom. The summed E-state index contributed by atoms with van der Waals surface area (Å²) in [5.41, 5.74) is 11.8. The van der Waals surface area contributed by atoms with Crippen LogP contribution in [-0.4, -0.2) is 0 Å². The second-order valence-electron chi connectivity index (χ2n) is 12.9. The van der Waals surface area contributed by atoms with Crippen molar-refractivity contribution in [3.63, 3.8) is 0 Å². The molecule has 0 bridgehead atoms. The number of anilines is 3. The molecule has 3 nitrogen and oxygen atoms in total. The third-order valence-corrected chi connectivity index (χ3v) is 10.0. The van der Waals surface area contributed by atoms with Crippen LogP contribution in [-0.2, 0) is 5.41 Å². The largest absolute Gasteiger partial charge is 0.456 e. The van der Waals surface area contributed by atoms with Gasteiger partial charge in [0.05, 0.1) is 5.69 Å². The molecule has 0 radical (unpaired) electrons. The van der Waals surface area contributed by atoms with Gasteiger partial charge in [0.15, 0.2) is 5.58 Å². The molecule has 9 aromatic rings. The van der Waals surface area contributed by atoms with Crippen LogP contribution in [0, 0.1) is 0 Å². The number of nitrogens with zero attached hydrogens (tertiary/aromatic N) is 1. The number of para-hydroxylation sites is 2. The first-order valence-corrected chi connectivity index (χ1v) is 15.9. The highest BCUT2D eigenvalue weighted by Gasteiger charge is 2.36. The van der Waals surface area contributed by atoms with Crippen molar-refractivity contribution in [2.24, 2.45) is 0 Å². The van der Waals surface area contributed by atoms with Crippen LogP contribution in [0.2, 0.25) is 0 Å². The number of benzene rings is 7. The number of rotatable bonds is 3. The Hall–Kier alpha value is -5.80. The maximum absolute atomic E-state index is 6.78. The fourth-order valence-corrected chi connectivity index (χ4v) is 7.83. The predicted octanol–water partition coefficient (Wildman–Crippen LogP) is 12.4. The van der Waals surface area contributed by atoms with Gasteiger partial charge >= 0.3 is 0 Å². The molecule has 0 spiro atoms. The molecule has 218 valence electrons. The van der Waals surface area contributed by atoms with Crippen molar-refractivity contribution >= 4 is 71.7 Å². The van der Waals surface area contributed by atoms with Gasteiger partial charge in [-0.25, -0.2) is 0 Å². The average molecular weight is 592 g/mol. The molecular weight excluding hydrogens is 562 g/mol. The topological polar surface area (TPSA) is 29.5 Å². The lowest BCUT2D eigenvalue weighted by Gasteiger charge is -2.28. The van der Waals surface area contributed by atoms with Gasteiger partial charge in [0.25, 0.3) is 0 Å². The lowest BCUT2D eigenvalue weighted by Crippen LogP contribution is -2.16. The molecule has 10 rings (SSSR count). The van der Waals surface area contributed by atoms with Crippen molar-refractivity contribution in [2.75, 3.05) is 4.90 Å². The highest BCUT2D eigenvalue weighted by Crippen LogP contribution is 2.52. The van der Waals surface area contributed by atoms with E-state index in [1.165, 1.54) is 33.0 Å².